The van der Waals surface area contributed by atoms with Crippen LogP contribution in [-0.2, 0) is 0 Å². The summed E-state index contributed by atoms with van der Waals surface area (Å²) in [5, 5.41) is 5.55. The van der Waals surface area contributed by atoms with Crippen LogP contribution in [0.5, 0.6) is 0 Å². The van der Waals surface area contributed by atoms with Gasteiger partial charge in [0.2, 0.25) is 0 Å². The van der Waals surface area contributed by atoms with Crippen LogP contribution in [0.2, 0.25) is 0 Å². The monoisotopic (exact) mass is 408 g/mol. The normalized spacial score (nSPS) is 13.8. The van der Waals surface area contributed by atoms with Gasteiger partial charge in [-0.3, -0.25) is 9.69 Å². The van der Waals surface area contributed by atoms with Gasteiger partial charge in [0.25, 0.3) is 0 Å². The zero-order chi connectivity index (χ0) is 21.4. The number of benzene rings is 2. The van der Waals surface area contributed by atoms with Crippen molar-refractivity contribution in [1.82, 2.24) is 5.32 Å². The van der Waals surface area contributed by atoms with Crippen LogP contribution in [0.15, 0.2) is 36.4 Å². The lowest BCUT2D eigenvalue weighted by Gasteiger charge is -2.34. The van der Waals surface area contributed by atoms with Crippen LogP contribution in [0, 0.1) is 17.5 Å². The Morgan fingerprint density at radius 3 is 2.45 bits per heavy atom. The van der Waals surface area contributed by atoms with Crippen LogP contribution in [0.1, 0.15) is 23.2 Å². The number of aldehydes is 1. The highest BCUT2D eigenvalue weighted by Crippen LogP contribution is 2.25. The van der Waals surface area contributed by atoms with Gasteiger partial charge in [-0.1, -0.05) is 6.07 Å². The van der Waals surface area contributed by atoms with E-state index in [2.05, 4.69) is 16.4 Å². The summed E-state index contributed by atoms with van der Waals surface area (Å²) >= 11 is 0. The molecule has 156 valence electrons. The molecule has 1 heterocycles. The Balaban J connectivity index is 0.00000145. The summed E-state index contributed by atoms with van der Waals surface area (Å²) in [5.41, 5.74) is 4.14. The number of nitrogens with two attached hydrogens (primary N) is 1. The molecule has 0 radical (unpaired) electrons. The Labute approximate surface area is 166 Å². The van der Waals surface area contributed by atoms with Crippen molar-refractivity contribution in [1.29, 1.82) is 0 Å². The first-order valence-corrected chi connectivity index (χ1v) is 9.08. The minimum atomic E-state index is -1.01. The maximum Gasteiger partial charge on any atom is 0.326 e. The first-order valence-electron chi connectivity index (χ1n) is 9.08. The molecule has 3 rings (SSSR count). The Bertz CT molecular complexity index is 858. The average molecular weight is 408 g/mol. The van der Waals surface area contributed by atoms with Gasteiger partial charge in [0, 0.05) is 17.8 Å². The second kappa shape index (κ2) is 10.6. The van der Waals surface area contributed by atoms with Crippen LogP contribution in [0.3, 0.4) is 0 Å². The predicted octanol–water partition coefficient (Wildman–Crippen LogP) is 3.28. The van der Waals surface area contributed by atoms with E-state index >= 15 is 0 Å². The summed E-state index contributed by atoms with van der Waals surface area (Å²) < 4.78 is 41.2. The minimum absolute atomic E-state index is 0.220. The van der Waals surface area contributed by atoms with E-state index < -0.39 is 23.5 Å². The van der Waals surface area contributed by atoms with Gasteiger partial charge in [-0.05, 0) is 57.2 Å². The maximum atomic E-state index is 14.0. The van der Waals surface area contributed by atoms with Crippen molar-refractivity contribution < 1.29 is 22.8 Å². The Morgan fingerprint density at radius 2 is 1.83 bits per heavy atom. The van der Waals surface area contributed by atoms with E-state index in [0.29, 0.717) is 37.7 Å². The van der Waals surface area contributed by atoms with Gasteiger partial charge in [-0.25, -0.2) is 18.0 Å². The summed E-state index contributed by atoms with van der Waals surface area (Å²) in [6.45, 7) is 1.37. The molecule has 29 heavy (non-hydrogen) atoms. The largest absolute Gasteiger partial charge is 0.333 e. The molecule has 1 saturated heterocycles. The van der Waals surface area contributed by atoms with Gasteiger partial charge < -0.3 is 16.4 Å². The van der Waals surface area contributed by atoms with Gasteiger partial charge in [-0.2, -0.15) is 0 Å². The molecule has 1 aliphatic rings. The van der Waals surface area contributed by atoms with Crippen molar-refractivity contribution in [3.8, 4) is 0 Å². The van der Waals surface area contributed by atoms with Crippen LogP contribution in [0.4, 0.5) is 29.3 Å². The Kier molecular flexibility index (Phi) is 8.17. The average Bonchev–Trinajstić information content (AvgIpc) is 2.72. The fourth-order valence-corrected chi connectivity index (χ4v) is 3.11. The number of carbonyl (C=O) groups excluding carboxylic acids is 2. The number of nitrogens with one attached hydrogen (secondary N) is 2. The SMILES string of the molecule is CN.O=Cc1cc(NC(=O)N(c2cccc(F)c2)C2CCNCC2)c(F)cc1F. The molecule has 9 heteroatoms. The van der Waals surface area contributed by atoms with E-state index in [-0.39, 0.29) is 23.6 Å². The number of hydrogen-bond acceptors (Lipinski definition) is 4. The molecular formula is C20H23F3N4O2. The third kappa shape index (κ3) is 5.55. The standard InChI is InChI=1S/C19H18F3N3O2.CH5N/c20-13-2-1-3-15(9-13)25(14-4-6-23-7-5-14)19(27)24-18-8-12(11-26)16(21)10-17(18)22;1-2/h1-3,8-11,14,23H,4-7H2,(H,24,27);2H2,1H3. The molecular weight excluding hydrogens is 385 g/mol. The molecule has 0 unspecified atom stereocenters. The molecule has 2 aromatic rings. The van der Waals surface area contributed by atoms with Crippen LogP contribution in [-0.4, -0.2) is 38.5 Å². The Morgan fingerprint density at radius 1 is 1.14 bits per heavy atom. The van der Waals surface area contributed by atoms with E-state index in [0.717, 1.165) is 6.07 Å². The molecule has 0 atom stereocenters. The second-order valence-corrected chi connectivity index (χ2v) is 6.23. The van der Waals surface area contributed by atoms with Gasteiger partial charge in [-0.15, -0.1) is 0 Å². The fraction of sp³-hybridized carbons (Fsp3) is 0.300. The highest BCUT2D eigenvalue weighted by Gasteiger charge is 2.28. The summed E-state index contributed by atoms with van der Waals surface area (Å²) in [7, 11) is 1.50. The molecule has 2 amide bonds. The van der Waals surface area contributed by atoms with Gasteiger partial charge >= 0.3 is 6.03 Å². The third-order valence-electron chi connectivity index (χ3n) is 4.43. The van der Waals surface area contributed by atoms with E-state index in [4.69, 9.17) is 0 Å². The molecule has 2 aromatic carbocycles. The molecule has 0 aliphatic carbocycles. The second-order valence-electron chi connectivity index (χ2n) is 6.23. The van der Waals surface area contributed by atoms with E-state index in [9.17, 15) is 22.8 Å². The summed E-state index contributed by atoms with van der Waals surface area (Å²) in [4.78, 5) is 25.1. The molecule has 0 saturated carbocycles. The van der Waals surface area contributed by atoms with E-state index in [1.165, 1.54) is 30.1 Å². The van der Waals surface area contributed by atoms with Crippen LogP contribution < -0.4 is 21.3 Å². The van der Waals surface area contributed by atoms with Gasteiger partial charge in [0.15, 0.2) is 6.29 Å². The quantitative estimate of drug-likeness (QED) is 0.678. The van der Waals surface area contributed by atoms with Crippen molar-refractivity contribution in [3.63, 3.8) is 0 Å². The molecule has 1 fully saturated rings. The number of carbonyl (C=O) groups is 2. The lowest BCUT2D eigenvalue weighted by molar-refractivity contribution is 0.111. The summed E-state index contributed by atoms with van der Waals surface area (Å²) in [6, 6.07) is 6.12. The molecule has 0 aromatic heterocycles. The fourth-order valence-electron chi connectivity index (χ4n) is 3.11. The van der Waals surface area contributed by atoms with Crippen molar-refractivity contribution in [2.24, 2.45) is 5.73 Å². The predicted molar refractivity (Wildman–Crippen MR) is 106 cm³/mol. The number of anilines is 2. The number of nitrogens with zero attached hydrogens (tertiary/aromatic N) is 1. The molecule has 4 N–H and O–H groups in total. The molecule has 6 nitrogen and oxygen atoms in total. The number of amides is 2. The number of hydrogen-bond donors (Lipinski definition) is 3. The van der Waals surface area contributed by atoms with Gasteiger partial charge in [0.05, 0.1) is 11.3 Å². The van der Waals surface area contributed by atoms with Gasteiger partial charge in [0.1, 0.15) is 17.5 Å². The number of halogens is 3. The first-order chi connectivity index (χ1) is 14.0. The van der Waals surface area contributed by atoms with Crippen molar-refractivity contribution in [2.75, 3.05) is 30.4 Å². The highest BCUT2D eigenvalue weighted by atomic mass is 19.1. The number of urea groups is 1. The van der Waals surface area contributed by atoms with Crippen molar-refractivity contribution in [2.45, 2.75) is 18.9 Å². The highest BCUT2D eigenvalue weighted by molar-refractivity contribution is 6.02. The molecule has 1 aliphatic heterocycles. The minimum Gasteiger partial charge on any atom is -0.333 e. The zero-order valence-corrected chi connectivity index (χ0v) is 15.9. The number of piperidine rings is 1. The maximum absolute atomic E-state index is 14.0. The number of rotatable bonds is 4. The zero-order valence-electron chi connectivity index (χ0n) is 15.9. The lowest BCUT2D eigenvalue weighted by Crippen LogP contribution is -2.48. The summed E-state index contributed by atoms with van der Waals surface area (Å²) in [6.07, 6.45) is 1.51. The smallest absolute Gasteiger partial charge is 0.326 e. The first kappa shape index (κ1) is 22.4. The topological polar surface area (TPSA) is 87.5 Å². The lowest BCUT2D eigenvalue weighted by atomic mass is 10.0. The van der Waals surface area contributed by atoms with Crippen molar-refractivity contribution >= 4 is 23.7 Å². The summed E-state index contributed by atoms with van der Waals surface area (Å²) in [5.74, 6) is -2.52. The molecule has 0 bridgehead atoms. The van der Waals surface area contributed by atoms with E-state index in [1.807, 2.05) is 0 Å². The van der Waals surface area contributed by atoms with Crippen LogP contribution in [0.25, 0.3) is 0 Å². The third-order valence-corrected chi connectivity index (χ3v) is 4.43. The van der Waals surface area contributed by atoms with E-state index in [1.54, 1.807) is 6.07 Å². The van der Waals surface area contributed by atoms with Crippen LogP contribution >= 0.6 is 0 Å². The Hall–Kier alpha value is -2.91. The molecule has 0 spiro atoms. The van der Waals surface area contributed by atoms with Crippen molar-refractivity contribution in [3.05, 3.63) is 59.4 Å².